The summed E-state index contributed by atoms with van der Waals surface area (Å²) in [6.45, 7) is 1.65. The molecule has 2 N–H and O–H groups in total. The van der Waals surface area contributed by atoms with Gasteiger partial charge in [0.05, 0.1) is 35.8 Å². The van der Waals surface area contributed by atoms with Crippen LogP contribution in [-0.4, -0.2) is 41.6 Å². The molecule has 0 atom stereocenters. The number of fused-ring (bicyclic) bond motifs is 1. The number of sulfonamides is 1. The summed E-state index contributed by atoms with van der Waals surface area (Å²) < 4.78 is 40.9. The molecule has 0 saturated carbocycles. The van der Waals surface area contributed by atoms with Gasteiger partial charge >= 0.3 is 6.09 Å². The van der Waals surface area contributed by atoms with Crippen molar-refractivity contribution >= 4 is 44.2 Å². The number of methoxy groups -OCH3 is 1. The van der Waals surface area contributed by atoms with Crippen LogP contribution in [0.2, 0.25) is 0 Å². The van der Waals surface area contributed by atoms with Crippen LogP contribution in [0.4, 0.5) is 10.5 Å². The van der Waals surface area contributed by atoms with Crippen molar-refractivity contribution in [3.63, 3.8) is 0 Å². The molecule has 3 heterocycles. The van der Waals surface area contributed by atoms with Crippen LogP contribution >= 0.6 is 11.3 Å². The topological polar surface area (TPSA) is 136 Å². The van der Waals surface area contributed by atoms with Gasteiger partial charge in [0.1, 0.15) is 11.4 Å². The third kappa shape index (κ3) is 4.27. The first-order chi connectivity index (χ1) is 16.3. The second kappa shape index (κ2) is 9.29. The number of amides is 1. The molecule has 0 saturated heterocycles. The molecule has 3 aromatic heterocycles. The normalized spacial score (nSPS) is 11.4. The van der Waals surface area contributed by atoms with Gasteiger partial charge in [-0.05, 0) is 53.6 Å². The number of carbonyl (C=O) groups excluding carboxylic acids is 1. The Morgan fingerprint density at radius 3 is 2.62 bits per heavy atom. The zero-order valence-corrected chi connectivity index (χ0v) is 20.1. The van der Waals surface area contributed by atoms with Crippen LogP contribution < -0.4 is 19.3 Å². The number of benzene rings is 1. The van der Waals surface area contributed by atoms with Crippen LogP contribution in [0.15, 0.2) is 52.2 Å². The molecule has 34 heavy (non-hydrogen) atoms. The first-order valence-electron chi connectivity index (χ1n) is 9.88. The zero-order chi connectivity index (χ0) is 24.5. The molecule has 11 nitrogen and oxygen atoms in total. The van der Waals surface area contributed by atoms with Crippen molar-refractivity contribution in [2.75, 3.05) is 11.4 Å². The maximum Gasteiger partial charge on any atom is 0.436 e. The maximum atomic E-state index is 14.0. The number of carbonyl (C=O) groups is 1. The lowest BCUT2D eigenvalue weighted by Gasteiger charge is -2.26. The predicted octanol–water partition coefficient (Wildman–Crippen LogP) is 3.22. The van der Waals surface area contributed by atoms with E-state index in [9.17, 15) is 13.2 Å². The van der Waals surface area contributed by atoms with Gasteiger partial charge in [-0.1, -0.05) is 0 Å². The van der Waals surface area contributed by atoms with E-state index in [4.69, 9.17) is 14.7 Å². The fraction of sp³-hybridized carbons (Fsp3) is 0.190. The number of anilines is 1. The molecular weight excluding hydrogens is 482 g/mol. The van der Waals surface area contributed by atoms with E-state index in [1.165, 1.54) is 46.9 Å². The molecule has 0 radical (unpaired) electrons. The second-order valence-corrected chi connectivity index (χ2v) is 9.84. The Balaban J connectivity index is 1.99. The van der Waals surface area contributed by atoms with E-state index in [0.717, 1.165) is 9.87 Å². The van der Waals surface area contributed by atoms with Crippen LogP contribution in [0, 0.1) is 6.92 Å². The monoisotopic (exact) mass is 503 g/mol. The lowest BCUT2D eigenvalue weighted by atomic mass is 10.2. The number of pyridine rings is 1. The fourth-order valence-corrected chi connectivity index (χ4v) is 5.66. The fourth-order valence-electron chi connectivity index (χ4n) is 3.53. The van der Waals surface area contributed by atoms with Gasteiger partial charge in [-0.15, -0.1) is 0 Å². The highest BCUT2D eigenvalue weighted by atomic mass is 32.2. The third-order valence-electron chi connectivity index (χ3n) is 5.06. The number of nitrogens with zero attached hydrogens (tertiary/aromatic N) is 4. The zero-order valence-electron chi connectivity index (χ0n) is 18.4. The minimum absolute atomic E-state index is 0.00703. The third-order valence-corrected chi connectivity index (χ3v) is 7.56. The number of aromatic nitrogens is 3. The molecule has 4 rings (SSSR count). The Labute approximate surface area is 199 Å². The van der Waals surface area contributed by atoms with Crippen molar-refractivity contribution in [1.29, 1.82) is 0 Å². The first kappa shape index (κ1) is 23.5. The number of aryl methyl sites for hydroxylation is 2. The summed E-state index contributed by atoms with van der Waals surface area (Å²) in [4.78, 5) is 16.2. The molecule has 0 aliphatic rings. The van der Waals surface area contributed by atoms with E-state index in [-0.39, 0.29) is 22.9 Å². The van der Waals surface area contributed by atoms with E-state index < -0.39 is 16.1 Å². The molecule has 0 aliphatic heterocycles. The van der Waals surface area contributed by atoms with Crippen molar-refractivity contribution in [3.8, 4) is 11.5 Å². The number of ether oxygens (including phenoxy) is 2. The van der Waals surface area contributed by atoms with E-state index in [0.29, 0.717) is 22.5 Å². The number of thiophene rings is 1. The van der Waals surface area contributed by atoms with Crippen LogP contribution in [-0.2, 0) is 23.6 Å². The highest BCUT2D eigenvalue weighted by Gasteiger charge is 2.32. The average Bonchev–Trinajstić information content (AvgIpc) is 3.45. The molecule has 0 aliphatic carbocycles. The van der Waals surface area contributed by atoms with E-state index in [2.05, 4.69) is 10.1 Å². The van der Waals surface area contributed by atoms with Crippen molar-refractivity contribution < 1.29 is 27.9 Å². The first-order valence-corrected chi connectivity index (χ1v) is 12.3. The molecule has 0 fully saturated rings. The standard InChI is InChI=1S/C21H21N5O6S2/c1-13-18-19(17(32-21(27)24-28)10-22-20(18)25(2)23-13)26(11-14-8-9-33-12-14)34(29,30)16-6-4-15(31-3)5-7-16/h4-10,12,28H,11H2,1-3H3,(H,24,27). The Bertz CT molecular complexity index is 1430. The molecule has 0 spiro atoms. The molecule has 13 heteroatoms. The maximum absolute atomic E-state index is 14.0. The number of hydrogen-bond acceptors (Lipinski definition) is 9. The summed E-state index contributed by atoms with van der Waals surface area (Å²) in [7, 11) is -1.01. The number of nitrogens with one attached hydrogen (secondary N) is 1. The van der Waals surface area contributed by atoms with Gasteiger partial charge in [0.15, 0.2) is 11.4 Å². The molecule has 0 unspecified atom stereocenters. The average molecular weight is 504 g/mol. The van der Waals surface area contributed by atoms with Crippen molar-refractivity contribution in [1.82, 2.24) is 20.2 Å². The van der Waals surface area contributed by atoms with Crippen molar-refractivity contribution in [2.24, 2.45) is 7.05 Å². The van der Waals surface area contributed by atoms with E-state index in [1.54, 1.807) is 32.2 Å². The van der Waals surface area contributed by atoms with Gasteiger partial charge in [0.25, 0.3) is 10.0 Å². The van der Waals surface area contributed by atoms with Crippen LogP contribution in [0.1, 0.15) is 11.3 Å². The van der Waals surface area contributed by atoms with Crippen LogP contribution in [0.5, 0.6) is 11.5 Å². The molecule has 1 amide bonds. The highest BCUT2D eigenvalue weighted by molar-refractivity contribution is 7.92. The number of hydroxylamine groups is 1. The van der Waals surface area contributed by atoms with Crippen molar-refractivity contribution in [2.45, 2.75) is 18.4 Å². The summed E-state index contributed by atoms with van der Waals surface area (Å²) in [5.74, 6) is 0.337. The second-order valence-electron chi connectivity index (χ2n) is 7.20. The predicted molar refractivity (Wildman–Crippen MR) is 125 cm³/mol. The highest BCUT2D eigenvalue weighted by Crippen LogP contribution is 2.41. The molecule has 178 valence electrons. The van der Waals surface area contributed by atoms with Crippen molar-refractivity contribution in [3.05, 3.63) is 58.5 Å². The molecule has 4 aromatic rings. The van der Waals surface area contributed by atoms with E-state index in [1.807, 2.05) is 10.8 Å². The van der Waals surface area contributed by atoms with Gasteiger partial charge in [-0.2, -0.15) is 16.4 Å². The lowest BCUT2D eigenvalue weighted by molar-refractivity contribution is 0.127. The van der Waals surface area contributed by atoms with Gasteiger partial charge < -0.3 is 9.47 Å². The molecule has 0 bridgehead atoms. The lowest BCUT2D eigenvalue weighted by Crippen LogP contribution is -2.32. The Hall–Kier alpha value is -3.68. The largest absolute Gasteiger partial charge is 0.497 e. The SMILES string of the molecule is COc1ccc(S(=O)(=O)N(Cc2ccsc2)c2c(OC(=O)NO)cnc3c2c(C)nn3C)cc1. The summed E-state index contributed by atoms with van der Waals surface area (Å²) in [6, 6.07) is 7.76. The van der Waals surface area contributed by atoms with Crippen LogP contribution in [0.3, 0.4) is 0 Å². The van der Waals surface area contributed by atoms with Crippen LogP contribution in [0.25, 0.3) is 11.0 Å². The molecular formula is C21H21N5O6S2. The number of rotatable bonds is 7. The Morgan fingerprint density at radius 1 is 1.26 bits per heavy atom. The quantitative estimate of drug-likeness (QED) is 0.290. The van der Waals surface area contributed by atoms with E-state index >= 15 is 0 Å². The minimum Gasteiger partial charge on any atom is -0.497 e. The van der Waals surface area contributed by atoms with Gasteiger partial charge in [-0.3, -0.25) is 14.2 Å². The van der Waals surface area contributed by atoms with Gasteiger partial charge in [0.2, 0.25) is 0 Å². The molecule has 1 aromatic carbocycles. The van der Waals surface area contributed by atoms with Gasteiger partial charge in [-0.25, -0.2) is 23.7 Å². The number of hydrogen-bond donors (Lipinski definition) is 2. The summed E-state index contributed by atoms with van der Waals surface area (Å²) in [5.41, 5.74) is 3.06. The Kier molecular flexibility index (Phi) is 6.41. The minimum atomic E-state index is -4.18. The van der Waals surface area contributed by atoms with Gasteiger partial charge in [0, 0.05) is 7.05 Å². The smallest absolute Gasteiger partial charge is 0.436 e. The summed E-state index contributed by atoms with van der Waals surface area (Å²) >= 11 is 1.42. The summed E-state index contributed by atoms with van der Waals surface area (Å²) in [6.07, 6.45) is 0.0272. The Morgan fingerprint density at radius 2 is 2.00 bits per heavy atom. The summed E-state index contributed by atoms with van der Waals surface area (Å²) in [5, 5.41) is 17.4.